The maximum Gasteiger partial charge on any atom is 0.322 e. The number of anilines is 1. The van der Waals surface area contributed by atoms with E-state index in [1.165, 1.54) is 11.0 Å². The highest BCUT2D eigenvalue weighted by molar-refractivity contribution is 5.94. The van der Waals surface area contributed by atoms with Crippen molar-refractivity contribution >= 4 is 17.6 Å². The molecule has 0 saturated carbocycles. The summed E-state index contributed by atoms with van der Waals surface area (Å²) >= 11 is 0. The maximum absolute atomic E-state index is 13.4. The fourth-order valence-corrected chi connectivity index (χ4v) is 2.63. The Bertz CT molecular complexity index is 824. The number of benzene rings is 1. The Kier molecular flexibility index (Phi) is 4.65. The largest absolute Gasteiger partial charge is 0.342 e. The van der Waals surface area contributed by atoms with Crippen LogP contribution in [0.25, 0.3) is 11.1 Å². The number of nitrogens with one attached hydrogen (secondary N) is 1. The molecule has 3 amide bonds. The van der Waals surface area contributed by atoms with Gasteiger partial charge in [-0.3, -0.25) is 9.78 Å². The number of halogens is 1. The van der Waals surface area contributed by atoms with Crippen molar-refractivity contribution in [3.05, 3.63) is 48.0 Å². The molecule has 0 atom stereocenters. The molecule has 0 radical (unpaired) electrons. The van der Waals surface area contributed by atoms with Crippen molar-refractivity contribution in [2.24, 2.45) is 0 Å². The first kappa shape index (κ1) is 16.9. The van der Waals surface area contributed by atoms with Crippen molar-refractivity contribution in [3.8, 4) is 11.1 Å². The number of hydrogen-bond donors (Lipinski definition) is 1. The summed E-state index contributed by atoms with van der Waals surface area (Å²) in [6, 6.07) is 6.55. The van der Waals surface area contributed by atoms with Crippen LogP contribution in [0.15, 0.2) is 36.7 Å². The second-order valence-electron chi connectivity index (χ2n) is 6.09. The van der Waals surface area contributed by atoms with Gasteiger partial charge in [0.05, 0.1) is 6.20 Å². The van der Waals surface area contributed by atoms with Crippen LogP contribution in [0.4, 0.5) is 14.9 Å². The average Bonchev–Trinajstić information content (AvgIpc) is 2.59. The lowest BCUT2D eigenvalue weighted by Gasteiger charge is -2.32. The molecule has 0 spiro atoms. The summed E-state index contributed by atoms with van der Waals surface area (Å²) in [6.07, 6.45) is 2.71. The Morgan fingerprint density at radius 1 is 1.20 bits per heavy atom. The molecule has 7 heteroatoms. The number of carbonyl (C=O) groups is 2. The van der Waals surface area contributed by atoms with Crippen LogP contribution in [0.3, 0.4) is 0 Å². The standard InChI is InChI=1S/C18H19FN4O2/c1-12-3-4-13(14-7-15(19)10-20-9-14)8-16(12)21-18(25)23-6-5-22(2)17(24)11-23/h3-4,7-10H,5-6,11H2,1-2H3,(H,21,25). The second kappa shape index (κ2) is 6.88. The van der Waals surface area contributed by atoms with E-state index in [0.717, 1.165) is 17.3 Å². The zero-order valence-electron chi connectivity index (χ0n) is 14.1. The number of aryl methyl sites for hydroxylation is 1. The minimum Gasteiger partial charge on any atom is -0.342 e. The van der Waals surface area contributed by atoms with Crippen LogP contribution in [0.2, 0.25) is 0 Å². The molecule has 130 valence electrons. The lowest BCUT2D eigenvalue weighted by atomic mass is 10.0. The van der Waals surface area contributed by atoms with Crippen LogP contribution < -0.4 is 5.32 Å². The van der Waals surface area contributed by atoms with E-state index in [2.05, 4.69) is 10.3 Å². The molecular weight excluding hydrogens is 323 g/mol. The van der Waals surface area contributed by atoms with Gasteiger partial charge >= 0.3 is 6.03 Å². The number of hydrogen-bond acceptors (Lipinski definition) is 3. The van der Waals surface area contributed by atoms with Crippen LogP contribution in [0.1, 0.15) is 5.56 Å². The molecule has 3 rings (SSSR count). The van der Waals surface area contributed by atoms with Crippen molar-refractivity contribution in [3.63, 3.8) is 0 Å². The van der Waals surface area contributed by atoms with E-state index in [4.69, 9.17) is 0 Å². The molecule has 2 heterocycles. The smallest absolute Gasteiger partial charge is 0.322 e. The van der Waals surface area contributed by atoms with Crippen molar-refractivity contribution in [1.29, 1.82) is 0 Å². The third-order valence-electron chi connectivity index (χ3n) is 4.26. The quantitative estimate of drug-likeness (QED) is 0.912. The Labute approximate surface area is 145 Å². The molecule has 1 aliphatic rings. The second-order valence-corrected chi connectivity index (χ2v) is 6.09. The van der Waals surface area contributed by atoms with Gasteiger partial charge in [-0.05, 0) is 30.2 Å². The van der Waals surface area contributed by atoms with E-state index in [9.17, 15) is 14.0 Å². The molecule has 1 fully saturated rings. The highest BCUT2D eigenvalue weighted by Gasteiger charge is 2.25. The number of pyridine rings is 1. The Hall–Kier alpha value is -2.96. The number of rotatable bonds is 2. The summed E-state index contributed by atoms with van der Waals surface area (Å²) in [4.78, 5) is 31.1. The van der Waals surface area contributed by atoms with Gasteiger partial charge in [-0.25, -0.2) is 9.18 Å². The maximum atomic E-state index is 13.4. The minimum atomic E-state index is -0.417. The lowest BCUT2D eigenvalue weighted by Crippen LogP contribution is -2.51. The van der Waals surface area contributed by atoms with Gasteiger partial charge < -0.3 is 15.1 Å². The average molecular weight is 342 g/mol. The van der Waals surface area contributed by atoms with E-state index in [1.807, 2.05) is 19.1 Å². The number of urea groups is 1. The molecule has 1 saturated heterocycles. The van der Waals surface area contributed by atoms with E-state index in [-0.39, 0.29) is 18.5 Å². The minimum absolute atomic E-state index is 0.0644. The third-order valence-corrected chi connectivity index (χ3v) is 4.26. The molecule has 1 N–H and O–H groups in total. The number of nitrogens with zero attached hydrogens (tertiary/aromatic N) is 3. The Morgan fingerprint density at radius 3 is 2.72 bits per heavy atom. The molecule has 1 aromatic heterocycles. The molecule has 0 bridgehead atoms. The Balaban J connectivity index is 1.79. The normalized spacial score (nSPS) is 14.6. The molecule has 0 unspecified atom stereocenters. The topological polar surface area (TPSA) is 65.5 Å². The van der Waals surface area contributed by atoms with E-state index < -0.39 is 5.82 Å². The van der Waals surface area contributed by atoms with Gasteiger partial charge in [0, 0.05) is 37.6 Å². The summed E-state index contributed by atoms with van der Waals surface area (Å²) in [5.41, 5.74) is 2.88. The molecule has 2 aromatic rings. The highest BCUT2D eigenvalue weighted by atomic mass is 19.1. The van der Waals surface area contributed by atoms with Crippen LogP contribution in [-0.4, -0.2) is 53.4 Å². The van der Waals surface area contributed by atoms with Crippen LogP contribution in [0.5, 0.6) is 0 Å². The van der Waals surface area contributed by atoms with Crippen LogP contribution in [0, 0.1) is 12.7 Å². The molecule has 0 aliphatic carbocycles. The zero-order valence-corrected chi connectivity index (χ0v) is 14.1. The molecule has 1 aliphatic heterocycles. The molecule has 6 nitrogen and oxygen atoms in total. The van der Waals surface area contributed by atoms with Crippen LogP contribution in [-0.2, 0) is 4.79 Å². The summed E-state index contributed by atoms with van der Waals surface area (Å²) in [7, 11) is 1.72. The number of likely N-dealkylation sites (N-methyl/N-ethyl adjacent to an activating group) is 1. The monoisotopic (exact) mass is 342 g/mol. The van der Waals surface area contributed by atoms with Gasteiger partial charge in [-0.2, -0.15) is 0 Å². The van der Waals surface area contributed by atoms with Crippen molar-refractivity contribution in [1.82, 2.24) is 14.8 Å². The third kappa shape index (κ3) is 3.76. The number of piperazine rings is 1. The van der Waals surface area contributed by atoms with Crippen molar-refractivity contribution in [2.75, 3.05) is 32.0 Å². The van der Waals surface area contributed by atoms with Gasteiger partial charge in [0.2, 0.25) is 5.91 Å². The first-order valence-corrected chi connectivity index (χ1v) is 7.95. The van der Waals surface area contributed by atoms with Crippen molar-refractivity contribution < 1.29 is 14.0 Å². The predicted octanol–water partition coefficient (Wildman–Crippen LogP) is 2.50. The molecule has 1 aromatic carbocycles. The first-order chi connectivity index (χ1) is 11.9. The first-order valence-electron chi connectivity index (χ1n) is 7.95. The van der Waals surface area contributed by atoms with Gasteiger partial charge in [-0.1, -0.05) is 12.1 Å². The Morgan fingerprint density at radius 2 is 2.00 bits per heavy atom. The van der Waals surface area contributed by atoms with Crippen molar-refractivity contribution in [2.45, 2.75) is 6.92 Å². The summed E-state index contributed by atoms with van der Waals surface area (Å²) in [5, 5.41) is 2.84. The number of carbonyl (C=O) groups excluding carboxylic acids is 2. The van der Waals surface area contributed by atoms with Gasteiger partial charge in [-0.15, -0.1) is 0 Å². The van der Waals surface area contributed by atoms with Gasteiger partial charge in [0.25, 0.3) is 0 Å². The molecule has 25 heavy (non-hydrogen) atoms. The SMILES string of the molecule is Cc1ccc(-c2cncc(F)c2)cc1NC(=O)N1CCN(C)C(=O)C1. The lowest BCUT2D eigenvalue weighted by molar-refractivity contribution is -0.133. The molecular formula is C18H19FN4O2. The number of amides is 3. The fraction of sp³-hybridized carbons (Fsp3) is 0.278. The highest BCUT2D eigenvalue weighted by Crippen LogP contribution is 2.25. The van der Waals surface area contributed by atoms with E-state index in [0.29, 0.717) is 24.3 Å². The van der Waals surface area contributed by atoms with E-state index >= 15 is 0 Å². The van der Waals surface area contributed by atoms with Gasteiger partial charge in [0.1, 0.15) is 12.4 Å². The van der Waals surface area contributed by atoms with Crippen LogP contribution >= 0.6 is 0 Å². The zero-order chi connectivity index (χ0) is 18.0. The van der Waals surface area contributed by atoms with E-state index in [1.54, 1.807) is 24.2 Å². The number of aromatic nitrogens is 1. The summed E-state index contributed by atoms with van der Waals surface area (Å²) in [5.74, 6) is -0.502. The summed E-state index contributed by atoms with van der Waals surface area (Å²) < 4.78 is 13.4. The van der Waals surface area contributed by atoms with Gasteiger partial charge in [0.15, 0.2) is 0 Å². The fourth-order valence-electron chi connectivity index (χ4n) is 2.63. The summed E-state index contributed by atoms with van der Waals surface area (Å²) in [6.45, 7) is 2.94. The predicted molar refractivity (Wildman–Crippen MR) is 92.6 cm³/mol.